The van der Waals surface area contributed by atoms with Crippen molar-refractivity contribution in [3.05, 3.63) is 28.8 Å². The van der Waals surface area contributed by atoms with Crippen molar-refractivity contribution in [2.75, 3.05) is 0 Å². The van der Waals surface area contributed by atoms with Crippen molar-refractivity contribution >= 4 is 0 Å². The zero-order valence-electron chi connectivity index (χ0n) is 10.7. The van der Waals surface area contributed by atoms with Crippen molar-refractivity contribution in [2.45, 2.75) is 20.8 Å². The standard InChI is InChI=1S/C12H13N5O/c1-7-5-10(6-13)15-12(14-7)18-11-8(2)16-17(4)9(11)3/h5H,1-4H3. The fourth-order valence-electron chi connectivity index (χ4n) is 1.64. The highest BCUT2D eigenvalue weighted by molar-refractivity contribution is 5.35. The molecule has 2 rings (SSSR count). The monoisotopic (exact) mass is 243 g/mol. The first-order chi connectivity index (χ1) is 8.51. The highest BCUT2D eigenvalue weighted by atomic mass is 16.5. The normalized spacial score (nSPS) is 10.2. The van der Waals surface area contributed by atoms with Crippen LogP contribution in [-0.4, -0.2) is 19.7 Å². The summed E-state index contributed by atoms with van der Waals surface area (Å²) in [6.07, 6.45) is 0. The predicted octanol–water partition coefficient (Wildman–Crippen LogP) is 1.80. The second-order valence-corrected chi connectivity index (χ2v) is 4.01. The number of hydrogen-bond acceptors (Lipinski definition) is 5. The molecule has 2 aromatic heterocycles. The summed E-state index contributed by atoms with van der Waals surface area (Å²) in [5, 5.41) is 13.1. The number of ether oxygens (including phenoxy) is 1. The number of aryl methyl sites for hydroxylation is 3. The maximum atomic E-state index is 8.85. The van der Waals surface area contributed by atoms with E-state index in [9.17, 15) is 0 Å². The molecule has 0 bridgehead atoms. The van der Waals surface area contributed by atoms with E-state index in [1.807, 2.05) is 27.0 Å². The number of hydrogen-bond donors (Lipinski definition) is 0. The molecule has 6 heteroatoms. The Labute approximate surface area is 105 Å². The van der Waals surface area contributed by atoms with Crippen LogP contribution >= 0.6 is 0 Å². The fraction of sp³-hybridized carbons (Fsp3) is 0.333. The van der Waals surface area contributed by atoms with Crippen LogP contribution in [0.4, 0.5) is 0 Å². The van der Waals surface area contributed by atoms with Crippen LogP contribution in [0, 0.1) is 32.1 Å². The van der Waals surface area contributed by atoms with Gasteiger partial charge in [0.15, 0.2) is 5.75 Å². The van der Waals surface area contributed by atoms with Gasteiger partial charge < -0.3 is 4.74 Å². The average Bonchev–Trinajstić information content (AvgIpc) is 2.55. The summed E-state index contributed by atoms with van der Waals surface area (Å²) in [6, 6.07) is 3.76. The molecule has 18 heavy (non-hydrogen) atoms. The molecule has 0 aliphatic heterocycles. The average molecular weight is 243 g/mol. The summed E-state index contributed by atoms with van der Waals surface area (Å²) < 4.78 is 7.36. The van der Waals surface area contributed by atoms with Crippen molar-refractivity contribution in [3.63, 3.8) is 0 Å². The minimum atomic E-state index is 0.172. The van der Waals surface area contributed by atoms with Crippen LogP contribution < -0.4 is 4.74 Å². The van der Waals surface area contributed by atoms with Gasteiger partial charge >= 0.3 is 6.01 Å². The van der Waals surface area contributed by atoms with E-state index in [0.717, 1.165) is 11.4 Å². The van der Waals surface area contributed by atoms with Gasteiger partial charge in [0.05, 0.1) is 5.69 Å². The van der Waals surface area contributed by atoms with Gasteiger partial charge in [0.25, 0.3) is 0 Å². The molecule has 6 nitrogen and oxygen atoms in total. The van der Waals surface area contributed by atoms with Gasteiger partial charge in [-0.05, 0) is 26.8 Å². The Kier molecular flexibility index (Phi) is 2.98. The summed E-state index contributed by atoms with van der Waals surface area (Å²) in [4.78, 5) is 8.15. The summed E-state index contributed by atoms with van der Waals surface area (Å²) >= 11 is 0. The quantitative estimate of drug-likeness (QED) is 0.803. The van der Waals surface area contributed by atoms with Gasteiger partial charge in [0.1, 0.15) is 17.5 Å². The summed E-state index contributed by atoms with van der Waals surface area (Å²) in [5.41, 5.74) is 2.63. The van der Waals surface area contributed by atoms with E-state index in [4.69, 9.17) is 10.00 Å². The Morgan fingerprint density at radius 2 is 2.00 bits per heavy atom. The highest BCUT2D eigenvalue weighted by Crippen LogP contribution is 2.25. The van der Waals surface area contributed by atoms with Gasteiger partial charge in [-0.3, -0.25) is 4.68 Å². The smallest absolute Gasteiger partial charge is 0.323 e. The van der Waals surface area contributed by atoms with Crippen LogP contribution in [0.15, 0.2) is 6.07 Å². The molecule has 0 atom stereocenters. The molecule has 2 heterocycles. The van der Waals surface area contributed by atoms with Crippen LogP contribution in [0.2, 0.25) is 0 Å². The fourth-order valence-corrected chi connectivity index (χ4v) is 1.64. The molecule has 0 saturated heterocycles. The van der Waals surface area contributed by atoms with E-state index in [0.29, 0.717) is 11.4 Å². The topological polar surface area (TPSA) is 76.6 Å². The number of aromatic nitrogens is 4. The lowest BCUT2D eigenvalue weighted by atomic mass is 10.3. The summed E-state index contributed by atoms with van der Waals surface area (Å²) in [5.74, 6) is 0.631. The molecule has 0 aliphatic carbocycles. The van der Waals surface area contributed by atoms with E-state index in [1.54, 1.807) is 17.7 Å². The lowest BCUT2D eigenvalue weighted by Crippen LogP contribution is -1.98. The van der Waals surface area contributed by atoms with E-state index in [1.165, 1.54) is 0 Å². The van der Waals surface area contributed by atoms with Crippen molar-refractivity contribution in [1.82, 2.24) is 19.7 Å². The number of nitrogens with zero attached hydrogens (tertiary/aromatic N) is 5. The van der Waals surface area contributed by atoms with E-state index >= 15 is 0 Å². The molecule has 0 saturated carbocycles. The van der Waals surface area contributed by atoms with Crippen molar-refractivity contribution in [3.8, 4) is 17.8 Å². The van der Waals surface area contributed by atoms with Crippen molar-refractivity contribution in [1.29, 1.82) is 5.26 Å². The molecule has 0 fully saturated rings. The Hall–Kier alpha value is -2.42. The Morgan fingerprint density at radius 3 is 2.56 bits per heavy atom. The summed E-state index contributed by atoms with van der Waals surface area (Å²) in [6.45, 7) is 5.54. The predicted molar refractivity (Wildman–Crippen MR) is 64.2 cm³/mol. The molecule has 0 radical (unpaired) electrons. The van der Waals surface area contributed by atoms with Gasteiger partial charge in [-0.25, -0.2) is 4.98 Å². The lowest BCUT2D eigenvalue weighted by Gasteiger charge is -2.04. The van der Waals surface area contributed by atoms with Crippen LogP contribution in [0.3, 0.4) is 0 Å². The van der Waals surface area contributed by atoms with Gasteiger partial charge in [0.2, 0.25) is 0 Å². The zero-order valence-corrected chi connectivity index (χ0v) is 10.7. The molecule has 92 valence electrons. The third-order valence-corrected chi connectivity index (χ3v) is 2.58. The first kappa shape index (κ1) is 12.0. The number of nitriles is 1. The van der Waals surface area contributed by atoms with Gasteiger partial charge in [0, 0.05) is 12.7 Å². The Bertz CT molecular complexity index is 639. The largest absolute Gasteiger partial charge is 0.420 e. The molecule has 0 amide bonds. The van der Waals surface area contributed by atoms with Crippen molar-refractivity contribution < 1.29 is 4.74 Å². The van der Waals surface area contributed by atoms with E-state index in [2.05, 4.69) is 15.1 Å². The van der Waals surface area contributed by atoms with Crippen LogP contribution in [0.5, 0.6) is 11.8 Å². The van der Waals surface area contributed by atoms with Crippen molar-refractivity contribution in [2.24, 2.45) is 7.05 Å². The zero-order chi connectivity index (χ0) is 13.3. The van der Waals surface area contributed by atoms with Gasteiger partial charge in [-0.2, -0.15) is 15.3 Å². The summed E-state index contributed by atoms with van der Waals surface area (Å²) in [7, 11) is 1.84. The van der Waals surface area contributed by atoms with Gasteiger partial charge in [-0.15, -0.1) is 0 Å². The number of rotatable bonds is 2. The maximum absolute atomic E-state index is 8.85. The SMILES string of the molecule is Cc1cc(C#N)nc(Oc2c(C)nn(C)c2C)n1. The maximum Gasteiger partial charge on any atom is 0.323 e. The third kappa shape index (κ3) is 2.15. The van der Waals surface area contributed by atoms with E-state index < -0.39 is 0 Å². The second-order valence-electron chi connectivity index (χ2n) is 4.01. The molecule has 0 aromatic carbocycles. The highest BCUT2D eigenvalue weighted by Gasteiger charge is 2.13. The van der Waals surface area contributed by atoms with Crippen LogP contribution in [-0.2, 0) is 7.05 Å². The molecule has 0 N–H and O–H groups in total. The Balaban J connectivity index is 2.40. The first-order valence-corrected chi connectivity index (χ1v) is 5.45. The Morgan fingerprint density at radius 1 is 1.28 bits per heavy atom. The second kappa shape index (κ2) is 4.45. The molecular weight excluding hydrogens is 230 g/mol. The molecule has 0 spiro atoms. The van der Waals surface area contributed by atoms with Crippen LogP contribution in [0.1, 0.15) is 22.8 Å². The molecule has 0 aliphatic rings. The van der Waals surface area contributed by atoms with E-state index in [-0.39, 0.29) is 11.7 Å². The first-order valence-electron chi connectivity index (χ1n) is 5.45. The third-order valence-electron chi connectivity index (χ3n) is 2.58. The molecule has 0 unspecified atom stereocenters. The van der Waals surface area contributed by atoms with Gasteiger partial charge in [-0.1, -0.05) is 0 Å². The van der Waals surface area contributed by atoms with Crippen LogP contribution in [0.25, 0.3) is 0 Å². The minimum Gasteiger partial charge on any atom is -0.420 e. The lowest BCUT2D eigenvalue weighted by molar-refractivity contribution is 0.433. The molecule has 2 aromatic rings. The minimum absolute atomic E-state index is 0.172. The molecular formula is C12H13N5O.